The summed E-state index contributed by atoms with van der Waals surface area (Å²) in [6.45, 7) is 4.03. The first kappa shape index (κ1) is 21.4. The fourth-order valence-electron chi connectivity index (χ4n) is 3.45. The Morgan fingerprint density at radius 1 is 0.933 bits per heavy atom. The second-order valence-electron chi connectivity index (χ2n) is 7.18. The molecular weight excluding hydrogens is 384 g/mol. The third kappa shape index (κ3) is 3.76. The van der Waals surface area contributed by atoms with E-state index in [1.807, 2.05) is 32.0 Å². The van der Waals surface area contributed by atoms with Gasteiger partial charge in [-0.25, -0.2) is 4.90 Å². The number of aryl methyl sites for hydroxylation is 2. The SMILES string of the molecule is COc1cc(OC)cc(N2C(=O)C(c3ccc(C)c(C)c3)=C(N(C)CCO)C2=O)c1. The van der Waals surface area contributed by atoms with Gasteiger partial charge in [-0.2, -0.15) is 0 Å². The number of hydrogen-bond acceptors (Lipinski definition) is 6. The summed E-state index contributed by atoms with van der Waals surface area (Å²) in [6, 6.07) is 10.6. The van der Waals surface area contributed by atoms with Crippen LogP contribution in [-0.4, -0.2) is 56.2 Å². The van der Waals surface area contributed by atoms with Gasteiger partial charge in [0.1, 0.15) is 17.2 Å². The fourth-order valence-corrected chi connectivity index (χ4v) is 3.45. The molecule has 1 N–H and O–H groups in total. The van der Waals surface area contributed by atoms with Gasteiger partial charge < -0.3 is 19.5 Å². The highest BCUT2D eigenvalue weighted by molar-refractivity contribution is 6.45. The zero-order chi connectivity index (χ0) is 22.0. The van der Waals surface area contributed by atoms with Crippen molar-refractivity contribution in [2.24, 2.45) is 0 Å². The van der Waals surface area contributed by atoms with Gasteiger partial charge in [0.25, 0.3) is 11.8 Å². The van der Waals surface area contributed by atoms with Gasteiger partial charge in [-0.3, -0.25) is 9.59 Å². The molecule has 7 heteroatoms. The minimum Gasteiger partial charge on any atom is -0.497 e. The van der Waals surface area contributed by atoms with Crippen molar-refractivity contribution in [2.45, 2.75) is 13.8 Å². The highest BCUT2D eigenvalue weighted by atomic mass is 16.5. The minimum absolute atomic E-state index is 0.144. The summed E-state index contributed by atoms with van der Waals surface area (Å²) in [7, 11) is 4.70. The lowest BCUT2D eigenvalue weighted by molar-refractivity contribution is -0.120. The van der Waals surface area contributed by atoms with Crippen LogP contribution in [0.15, 0.2) is 42.1 Å². The largest absolute Gasteiger partial charge is 0.497 e. The van der Waals surface area contributed by atoms with Crippen LogP contribution >= 0.6 is 0 Å². The molecule has 0 saturated heterocycles. The van der Waals surface area contributed by atoms with Crippen molar-refractivity contribution >= 4 is 23.1 Å². The summed E-state index contributed by atoms with van der Waals surface area (Å²) < 4.78 is 10.6. The second-order valence-corrected chi connectivity index (χ2v) is 7.18. The number of nitrogens with zero attached hydrogens (tertiary/aromatic N) is 2. The first-order chi connectivity index (χ1) is 14.3. The number of methoxy groups -OCH3 is 2. The average molecular weight is 410 g/mol. The van der Waals surface area contributed by atoms with Gasteiger partial charge in [-0.1, -0.05) is 18.2 Å². The number of ether oxygens (including phenoxy) is 2. The van der Waals surface area contributed by atoms with Crippen LogP contribution in [0.3, 0.4) is 0 Å². The summed E-state index contributed by atoms with van der Waals surface area (Å²) in [5.74, 6) is 0.0440. The van der Waals surface area contributed by atoms with Crippen LogP contribution in [0.25, 0.3) is 5.57 Å². The fraction of sp³-hybridized carbons (Fsp3) is 0.304. The van der Waals surface area contributed by atoms with Gasteiger partial charge in [-0.15, -0.1) is 0 Å². The van der Waals surface area contributed by atoms with E-state index >= 15 is 0 Å². The number of aliphatic hydroxyl groups excluding tert-OH is 1. The molecule has 0 aliphatic carbocycles. The summed E-state index contributed by atoms with van der Waals surface area (Å²) >= 11 is 0. The summed E-state index contributed by atoms with van der Waals surface area (Å²) in [6.07, 6.45) is 0. The number of carbonyl (C=O) groups excluding carboxylic acids is 2. The molecule has 0 aromatic heterocycles. The van der Waals surface area contributed by atoms with Gasteiger partial charge in [0, 0.05) is 31.8 Å². The number of likely N-dealkylation sites (N-methyl/N-ethyl adjacent to an activating group) is 1. The molecule has 1 aliphatic heterocycles. The molecule has 7 nitrogen and oxygen atoms in total. The molecule has 0 spiro atoms. The van der Waals surface area contributed by atoms with E-state index in [0.717, 1.165) is 16.0 Å². The molecule has 158 valence electrons. The lowest BCUT2D eigenvalue weighted by Gasteiger charge is -2.21. The molecule has 0 unspecified atom stereocenters. The monoisotopic (exact) mass is 410 g/mol. The smallest absolute Gasteiger partial charge is 0.282 e. The molecule has 0 atom stereocenters. The van der Waals surface area contributed by atoms with Gasteiger partial charge >= 0.3 is 0 Å². The number of anilines is 1. The van der Waals surface area contributed by atoms with E-state index in [1.165, 1.54) is 14.2 Å². The molecule has 2 aromatic rings. The van der Waals surface area contributed by atoms with Crippen molar-refractivity contribution in [2.75, 3.05) is 39.3 Å². The topological polar surface area (TPSA) is 79.3 Å². The molecule has 1 aliphatic rings. The number of hydrogen-bond donors (Lipinski definition) is 1. The van der Waals surface area contributed by atoms with Crippen LogP contribution in [0.5, 0.6) is 11.5 Å². The Bertz CT molecular complexity index is 1010. The van der Waals surface area contributed by atoms with E-state index in [9.17, 15) is 14.7 Å². The van der Waals surface area contributed by atoms with Crippen LogP contribution in [0.2, 0.25) is 0 Å². The summed E-state index contributed by atoms with van der Waals surface area (Å²) in [5.41, 5.74) is 3.69. The predicted molar refractivity (Wildman–Crippen MR) is 115 cm³/mol. The Balaban J connectivity index is 2.17. The van der Waals surface area contributed by atoms with Gasteiger partial charge in [0.15, 0.2) is 0 Å². The van der Waals surface area contributed by atoms with Crippen molar-refractivity contribution in [3.05, 3.63) is 58.8 Å². The quantitative estimate of drug-likeness (QED) is 0.707. The Morgan fingerprint density at radius 2 is 1.57 bits per heavy atom. The van der Waals surface area contributed by atoms with E-state index in [2.05, 4.69) is 0 Å². The minimum atomic E-state index is -0.459. The Kier molecular flexibility index (Phi) is 6.12. The maximum atomic E-state index is 13.5. The zero-order valence-corrected chi connectivity index (χ0v) is 17.9. The number of aliphatic hydroxyl groups is 1. The predicted octanol–water partition coefficient (Wildman–Crippen LogP) is 2.53. The van der Waals surface area contributed by atoms with Gasteiger partial charge in [0.05, 0.1) is 32.1 Å². The Hall–Kier alpha value is -3.32. The van der Waals surface area contributed by atoms with Crippen LogP contribution in [0.1, 0.15) is 16.7 Å². The number of imide groups is 1. The lowest BCUT2D eigenvalue weighted by atomic mass is 9.99. The number of carbonyl (C=O) groups is 2. The van der Waals surface area contributed by atoms with E-state index in [0.29, 0.717) is 28.3 Å². The van der Waals surface area contributed by atoms with Crippen LogP contribution in [0.4, 0.5) is 5.69 Å². The van der Waals surface area contributed by atoms with E-state index < -0.39 is 11.8 Å². The first-order valence-electron chi connectivity index (χ1n) is 9.58. The molecule has 0 saturated carbocycles. The molecule has 0 radical (unpaired) electrons. The maximum absolute atomic E-state index is 13.5. The van der Waals surface area contributed by atoms with Crippen molar-refractivity contribution in [3.8, 4) is 11.5 Å². The zero-order valence-electron chi connectivity index (χ0n) is 17.9. The second kappa shape index (κ2) is 8.59. The molecule has 2 aromatic carbocycles. The van der Waals surface area contributed by atoms with Crippen LogP contribution < -0.4 is 14.4 Å². The standard InChI is InChI=1S/C23H26N2O5/c1-14-6-7-16(10-15(14)2)20-21(24(3)8-9-26)23(28)25(22(20)27)17-11-18(29-4)13-19(12-17)30-5/h6-7,10-13,26H,8-9H2,1-5H3. The molecule has 1 heterocycles. The molecule has 30 heavy (non-hydrogen) atoms. The highest BCUT2D eigenvalue weighted by Crippen LogP contribution is 2.37. The number of benzene rings is 2. The van der Waals surface area contributed by atoms with Crippen molar-refractivity contribution in [1.82, 2.24) is 4.90 Å². The van der Waals surface area contributed by atoms with Crippen molar-refractivity contribution < 1.29 is 24.2 Å². The summed E-state index contributed by atoms with van der Waals surface area (Å²) in [5, 5.41) is 9.40. The molecule has 2 amide bonds. The Labute approximate surface area is 176 Å². The highest BCUT2D eigenvalue weighted by Gasteiger charge is 2.42. The maximum Gasteiger partial charge on any atom is 0.282 e. The number of amides is 2. The normalized spacial score (nSPS) is 13.9. The van der Waals surface area contributed by atoms with Crippen molar-refractivity contribution in [1.29, 1.82) is 0 Å². The molecule has 0 fully saturated rings. The van der Waals surface area contributed by atoms with Crippen LogP contribution in [-0.2, 0) is 9.59 Å². The third-order valence-electron chi connectivity index (χ3n) is 5.27. The van der Waals surface area contributed by atoms with Gasteiger partial charge in [-0.05, 0) is 30.5 Å². The van der Waals surface area contributed by atoms with E-state index in [-0.39, 0.29) is 18.8 Å². The lowest BCUT2D eigenvalue weighted by Crippen LogP contribution is -2.34. The number of rotatable bonds is 7. The first-order valence-corrected chi connectivity index (χ1v) is 9.58. The molecule has 0 bridgehead atoms. The summed E-state index contributed by atoms with van der Waals surface area (Å²) in [4.78, 5) is 29.7. The molecule has 3 rings (SSSR count). The van der Waals surface area contributed by atoms with Gasteiger partial charge in [0.2, 0.25) is 0 Å². The molecular formula is C23H26N2O5. The van der Waals surface area contributed by atoms with E-state index in [1.54, 1.807) is 30.1 Å². The van der Waals surface area contributed by atoms with Crippen molar-refractivity contribution in [3.63, 3.8) is 0 Å². The van der Waals surface area contributed by atoms with E-state index in [4.69, 9.17) is 9.47 Å². The Morgan fingerprint density at radius 3 is 2.10 bits per heavy atom. The average Bonchev–Trinajstić information content (AvgIpc) is 3.00. The van der Waals surface area contributed by atoms with Crippen LogP contribution in [0, 0.1) is 13.8 Å². The third-order valence-corrected chi connectivity index (χ3v) is 5.27.